The summed E-state index contributed by atoms with van der Waals surface area (Å²) in [5.74, 6) is -1.59. The van der Waals surface area contributed by atoms with Crippen molar-refractivity contribution in [3.8, 4) is 0 Å². The lowest BCUT2D eigenvalue weighted by atomic mass is 10.2. The first-order valence-corrected chi connectivity index (χ1v) is 6.03. The van der Waals surface area contributed by atoms with Crippen molar-refractivity contribution in [3.05, 3.63) is 18.0 Å². The van der Waals surface area contributed by atoms with E-state index >= 15 is 0 Å². The molecule has 1 atom stereocenters. The van der Waals surface area contributed by atoms with Gasteiger partial charge in [-0.1, -0.05) is 0 Å². The van der Waals surface area contributed by atoms with Crippen LogP contribution in [0.2, 0.25) is 0 Å². The number of nitrogens with zero attached hydrogens (tertiary/aromatic N) is 2. The van der Waals surface area contributed by atoms with E-state index in [1.165, 1.54) is 7.11 Å². The summed E-state index contributed by atoms with van der Waals surface area (Å²) in [6, 6.07) is 0.729. The number of hydrogen-bond acceptors (Lipinski definition) is 4. The molecule has 19 heavy (non-hydrogen) atoms. The molecule has 1 aromatic rings. The molecule has 0 aliphatic heterocycles. The fraction of sp³-hybridized carbons (Fsp3) is 0.583. The number of ether oxygens (including phenoxy) is 1. The van der Waals surface area contributed by atoms with Gasteiger partial charge in [0.2, 0.25) is 0 Å². The number of aromatic nitrogens is 2. The lowest BCUT2D eigenvalue weighted by Gasteiger charge is -2.13. The zero-order valence-electron chi connectivity index (χ0n) is 11.3. The zero-order chi connectivity index (χ0) is 14.4. The molecule has 1 heterocycles. The van der Waals surface area contributed by atoms with Crippen LogP contribution in [0.25, 0.3) is 0 Å². The molecule has 0 aromatic carbocycles. The SMILES string of the molecule is COCCC(NC(=O)c1ccn(C(C)C)n1)C(=O)O. The average molecular weight is 269 g/mol. The lowest BCUT2D eigenvalue weighted by molar-refractivity contribution is -0.139. The Morgan fingerprint density at radius 2 is 2.21 bits per heavy atom. The second-order valence-electron chi connectivity index (χ2n) is 4.42. The van der Waals surface area contributed by atoms with Crippen LogP contribution in [0.1, 0.15) is 36.8 Å². The normalized spacial score (nSPS) is 12.4. The monoisotopic (exact) mass is 269 g/mol. The minimum absolute atomic E-state index is 0.144. The van der Waals surface area contributed by atoms with E-state index in [0.717, 1.165) is 0 Å². The van der Waals surface area contributed by atoms with Crippen LogP contribution in [0.4, 0.5) is 0 Å². The fourth-order valence-electron chi connectivity index (χ4n) is 1.47. The van der Waals surface area contributed by atoms with Crippen molar-refractivity contribution in [2.24, 2.45) is 0 Å². The third kappa shape index (κ3) is 4.36. The molecular weight excluding hydrogens is 250 g/mol. The Labute approximate surface area is 111 Å². The molecule has 0 aliphatic carbocycles. The minimum atomic E-state index is -1.09. The Bertz CT molecular complexity index is 442. The summed E-state index contributed by atoms with van der Waals surface area (Å²) >= 11 is 0. The van der Waals surface area contributed by atoms with Crippen LogP contribution in [-0.4, -0.2) is 46.5 Å². The van der Waals surface area contributed by atoms with Gasteiger partial charge >= 0.3 is 5.97 Å². The first-order chi connectivity index (χ1) is 8.95. The van der Waals surface area contributed by atoms with Gasteiger partial charge < -0.3 is 15.2 Å². The molecule has 0 fully saturated rings. The van der Waals surface area contributed by atoms with Gasteiger partial charge in [-0.3, -0.25) is 9.48 Å². The first kappa shape index (κ1) is 15.2. The molecule has 2 N–H and O–H groups in total. The van der Waals surface area contributed by atoms with E-state index in [0.29, 0.717) is 0 Å². The predicted molar refractivity (Wildman–Crippen MR) is 68.0 cm³/mol. The third-order valence-corrected chi connectivity index (χ3v) is 2.58. The molecule has 7 heteroatoms. The van der Waals surface area contributed by atoms with Crippen molar-refractivity contribution in [3.63, 3.8) is 0 Å². The number of nitrogens with one attached hydrogen (secondary N) is 1. The number of hydrogen-bond donors (Lipinski definition) is 2. The van der Waals surface area contributed by atoms with E-state index in [1.54, 1.807) is 16.9 Å². The van der Waals surface area contributed by atoms with Crippen LogP contribution in [0.15, 0.2) is 12.3 Å². The summed E-state index contributed by atoms with van der Waals surface area (Å²) in [4.78, 5) is 22.9. The first-order valence-electron chi connectivity index (χ1n) is 6.03. The van der Waals surface area contributed by atoms with Crippen molar-refractivity contribution in [2.45, 2.75) is 32.4 Å². The van der Waals surface area contributed by atoms with Crippen molar-refractivity contribution < 1.29 is 19.4 Å². The highest BCUT2D eigenvalue weighted by molar-refractivity contribution is 5.94. The minimum Gasteiger partial charge on any atom is -0.480 e. The van der Waals surface area contributed by atoms with Gasteiger partial charge in [0.05, 0.1) is 0 Å². The molecular formula is C12H19N3O4. The number of amides is 1. The maximum Gasteiger partial charge on any atom is 0.326 e. The van der Waals surface area contributed by atoms with Crippen LogP contribution < -0.4 is 5.32 Å². The molecule has 0 saturated carbocycles. The Hall–Kier alpha value is -1.89. The van der Waals surface area contributed by atoms with Gasteiger partial charge in [0.1, 0.15) is 11.7 Å². The number of carboxylic acid groups (broad SMARTS) is 1. The Morgan fingerprint density at radius 3 is 2.68 bits per heavy atom. The highest BCUT2D eigenvalue weighted by Crippen LogP contribution is 2.05. The van der Waals surface area contributed by atoms with Gasteiger partial charge in [0.15, 0.2) is 0 Å². The fourth-order valence-corrected chi connectivity index (χ4v) is 1.47. The smallest absolute Gasteiger partial charge is 0.326 e. The molecule has 0 aliphatic rings. The standard InChI is InChI=1S/C12H19N3O4/c1-8(2)15-6-4-9(14-15)11(16)13-10(12(17)18)5-7-19-3/h4,6,8,10H,5,7H2,1-3H3,(H,13,16)(H,17,18). The molecule has 1 unspecified atom stereocenters. The number of methoxy groups -OCH3 is 1. The number of carbonyl (C=O) groups is 2. The molecule has 1 rings (SSSR count). The summed E-state index contributed by atoms with van der Waals surface area (Å²) in [7, 11) is 1.48. The van der Waals surface area contributed by atoms with Crippen molar-refractivity contribution in [1.82, 2.24) is 15.1 Å². The molecule has 0 bridgehead atoms. The largest absolute Gasteiger partial charge is 0.480 e. The van der Waals surface area contributed by atoms with Crippen LogP contribution in [0.5, 0.6) is 0 Å². The molecule has 7 nitrogen and oxygen atoms in total. The van der Waals surface area contributed by atoms with Gasteiger partial charge in [0, 0.05) is 32.4 Å². The summed E-state index contributed by atoms with van der Waals surface area (Å²) in [6.45, 7) is 4.14. The van der Waals surface area contributed by atoms with Crippen LogP contribution in [0.3, 0.4) is 0 Å². The van der Waals surface area contributed by atoms with Crippen molar-refractivity contribution in [2.75, 3.05) is 13.7 Å². The second kappa shape index (κ2) is 6.89. The number of carbonyl (C=O) groups excluding carboxylic acids is 1. The summed E-state index contributed by atoms with van der Waals surface area (Å²) in [6.07, 6.45) is 1.90. The van der Waals surface area contributed by atoms with Gasteiger partial charge in [-0.05, 0) is 19.9 Å². The van der Waals surface area contributed by atoms with Crippen molar-refractivity contribution >= 4 is 11.9 Å². The highest BCUT2D eigenvalue weighted by Gasteiger charge is 2.21. The number of aliphatic carboxylic acids is 1. The molecule has 0 radical (unpaired) electrons. The van der Waals surface area contributed by atoms with E-state index in [1.807, 2.05) is 13.8 Å². The quantitative estimate of drug-likeness (QED) is 0.759. The lowest BCUT2D eigenvalue weighted by Crippen LogP contribution is -2.41. The maximum atomic E-state index is 11.9. The summed E-state index contributed by atoms with van der Waals surface area (Å²) in [5.41, 5.74) is 0.206. The van der Waals surface area contributed by atoms with Crippen LogP contribution >= 0.6 is 0 Å². The Morgan fingerprint density at radius 1 is 1.53 bits per heavy atom. The van der Waals surface area contributed by atoms with Gasteiger partial charge in [-0.25, -0.2) is 4.79 Å². The van der Waals surface area contributed by atoms with E-state index in [-0.39, 0.29) is 24.8 Å². The number of carboxylic acids is 1. The Kier molecular flexibility index (Phi) is 5.50. The average Bonchev–Trinajstić information content (AvgIpc) is 2.83. The van der Waals surface area contributed by atoms with E-state index in [9.17, 15) is 9.59 Å². The van der Waals surface area contributed by atoms with Crippen LogP contribution in [-0.2, 0) is 9.53 Å². The molecule has 106 valence electrons. The van der Waals surface area contributed by atoms with Gasteiger partial charge in [-0.15, -0.1) is 0 Å². The predicted octanol–water partition coefficient (Wildman–Crippen LogP) is 0.684. The van der Waals surface area contributed by atoms with Gasteiger partial charge in [0.25, 0.3) is 5.91 Å². The van der Waals surface area contributed by atoms with E-state index in [2.05, 4.69) is 10.4 Å². The van der Waals surface area contributed by atoms with E-state index < -0.39 is 17.9 Å². The van der Waals surface area contributed by atoms with Crippen LogP contribution in [0, 0.1) is 0 Å². The zero-order valence-corrected chi connectivity index (χ0v) is 11.3. The molecule has 0 spiro atoms. The Balaban J connectivity index is 2.67. The van der Waals surface area contributed by atoms with Crippen molar-refractivity contribution in [1.29, 1.82) is 0 Å². The van der Waals surface area contributed by atoms with Gasteiger partial charge in [-0.2, -0.15) is 5.10 Å². The van der Waals surface area contributed by atoms with E-state index in [4.69, 9.17) is 9.84 Å². The summed E-state index contributed by atoms with van der Waals surface area (Å²) < 4.78 is 6.45. The number of rotatable bonds is 7. The highest BCUT2D eigenvalue weighted by atomic mass is 16.5. The third-order valence-electron chi connectivity index (χ3n) is 2.58. The molecule has 1 aromatic heterocycles. The maximum absolute atomic E-state index is 11.9. The molecule has 1 amide bonds. The topological polar surface area (TPSA) is 93.5 Å². The summed E-state index contributed by atoms with van der Waals surface area (Å²) in [5, 5.41) is 15.5. The molecule has 0 saturated heterocycles. The second-order valence-corrected chi connectivity index (χ2v) is 4.42.